The molecule has 4 heterocycles. The molecule has 1 saturated heterocycles. The van der Waals surface area contributed by atoms with Gasteiger partial charge in [0.05, 0.1) is 23.0 Å². The zero-order chi connectivity index (χ0) is 21.3. The highest BCUT2D eigenvalue weighted by Gasteiger charge is 2.33. The van der Waals surface area contributed by atoms with E-state index >= 15 is 0 Å². The zero-order valence-electron chi connectivity index (χ0n) is 15.9. The van der Waals surface area contributed by atoms with Crippen LogP contribution >= 0.6 is 15.9 Å². The first-order valence-electron chi connectivity index (χ1n) is 9.59. The summed E-state index contributed by atoms with van der Waals surface area (Å²) in [5, 5.41) is 2.70. The van der Waals surface area contributed by atoms with Crippen LogP contribution in [0.1, 0.15) is 41.6 Å². The van der Waals surface area contributed by atoms with Crippen LogP contribution in [0.2, 0.25) is 0 Å². The van der Waals surface area contributed by atoms with Gasteiger partial charge >= 0.3 is 6.18 Å². The highest BCUT2D eigenvalue weighted by Crippen LogP contribution is 2.32. The van der Waals surface area contributed by atoms with Crippen LogP contribution in [0.25, 0.3) is 5.65 Å². The van der Waals surface area contributed by atoms with E-state index in [1.165, 1.54) is 0 Å². The van der Waals surface area contributed by atoms with E-state index in [1.54, 1.807) is 28.9 Å². The second-order valence-corrected chi connectivity index (χ2v) is 7.99. The minimum absolute atomic E-state index is 0.0866. The molecule has 1 aliphatic rings. The Kier molecular flexibility index (Phi) is 5.68. The van der Waals surface area contributed by atoms with Gasteiger partial charge < -0.3 is 10.2 Å². The van der Waals surface area contributed by atoms with Crippen molar-refractivity contribution in [2.45, 2.75) is 31.9 Å². The summed E-state index contributed by atoms with van der Waals surface area (Å²) in [5.41, 5.74) is 0.0758. The van der Waals surface area contributed by atoms with Gasteiger partial charge in [0.1, 0.15) is 16.1 Å². The van der Waals surface area contributed by atoms with E-state index in [9.17, 15) is 18.0 Å². The van der Waals surface area contributed by atoms with Crippen molar-refractivity contribution in [1.29, 1.82) is 0 Å². The predicted molar refractivity (Wildman–Crippen MR) is 111 cm³/mol. The molecule has 4 rings (SSSR count). The second kappa shape index (κ2) is 8.25. The molecule has 1 aliphatic heterocycles. The third kappa shape index (κ3) is 4.28. The molecule has 3 aromatic heterocycles. The molecule has 0 radical (unpaired) electrons. The number of alkyl halides is 3. The smallest absolute Gasteiger partial charge is 0.356 e. The molecule has 0 bridgehead atoms. The highest BCUT2D eigenvalue weighted by molar-refractivity contribution is 9.10. The molecule has 10 heteroatoms. The minimum Gasteiger partial charge on any atom is -0.356 e. The van der Waals surface area contributed by atoms with Crippen LogP contribution in [-0.4, -0.2) is 33.4 Å². The molecule has 3 aromatic rings. The largest absolute Gasteiger partial charge is 0.417 e. The van der Waals surface area contributed by atoms with Crippen LogP contribution in [0.3, 0.4) is 0 Å². The Hall–Kier alpha value is -2.62. The molecule has 1 amide bonds. The molecule has 158 valence electrons. The normalized spacial score (nSPS) is 15.3. The zero-order valence-corrected chi connectivity index (χ0v) is 17.5. The molecule has 0 aliphatic carbocycles. The predicted octanol–water partition coefficient (Wildman–Crippen LogP) is 5.14. The van der Waals surface area contributed by atoms with E-state index < -0.39 is 17.6 Å². The van der Waals surface area contributed by atoms with Gasteiger partial charge in [-0.1, -0.05) is 12.8 Å². The second-order valence-electron chi connectivity index (χ2n) is 7.18. The summed E-state index contributed by atoms with van der Waals surface area (Å²) >= 11 is 3.36. The SMILES string of the molecule is O=C(Nc1ccc2ncc(Br)n2c1)c1cc(C(F)(F)F)cnc1N1CCCCCC1. The fourth-order valence-electron chi connectivity index (χ4n) is 3.54. The standard InChI is InChI=1S/C20H19BrF3N5O/c21-16-11-25-17-6-5-14(12-29(16)17)27-19(30)15-9-13(20(22,23)24)10-26-18(15)28-7-3-1-2-4-8-28/h5-6,9-12H,1-4,7-8H2,(H,27,30). The number of fused-ring (bicyclic) bond motifs is 1. The molecule has 6 nitrogen and oxygen atoms in total. The lowest BCUT2D eigenvalue weighted by atomic mass is 10.1. The first kappa shape index (κ1) is 20.6. The summed E-state index contributed by atoms with van der Waals surface area (Å²) in [6.45, 7) is 1.32. The molecule has 0 spiro atoms. The number of imidazole rings is 1. The number of halogens is 4. The summed E-state index contributed by atoms with van der Waals surface area (Å²) in [5.74, 6) is -0.351. The summed E-state index contributed by atoms with van der Waals surface area (Å²) < 4.78 is 42.3. The Morgan fingerprint density at radius 1 is 1.07 bits per heavy atom. The van der Waals surface area contributed by atoms with Crippen LogP contribution in [0.5, 0.6) is 0 Å². The lowest BCUT2D eigenvalue weighted by Crippen LogP contribution is -2.29. The molecular formula is C20H19BrF3N5O. The molecule has 1 N–H and O–H groups in total. The number of rotatable bonds is 3. The van der Waals surface area contributed by atoms with Gasteiger partial charge in [-0.2, -0.15) is 13.2 Å². The van der Waals surface area contributed by atoms with Crippen molar-refractivity contribution in [1.82, 2.24) is 14.4 Å². The van der Waals surface area contributed by atoms with Crippen molar-refractivity contribution < 1.29 is 18.0 Å². The summed E-state index contributed by atoms with van der Waals surface area (Å²) in [7, 11) is 0. The monoisotopic (exact) mass is 481 g/mol. The van der Waals surface area contributed by atoms with Crippen LogP contribution in [0.4, 0.5) is 24.7 Å². The number of hydrogen-bond donors (Lipinski definition) is 1. The van der Waals surface area contributed by atoms with E-state index in [1.807, 2.05) is 4.90 Å². The molecule has 0 saturated carbocycles. The average Bonchev–Trinajstić information content (AvgIpc) is 2.92. The van der Waals surface area contributed by atoms with Gasteiger partial charge in [0.2, 0.25) is 0 Å². The number of nitrogens with zero attached hydrogens (tertiary/aromatic N) is 4. The molecular weight excluding hydrogens is 463 g/mol. The molecule has 0 aromatic carbocycles. The Labute approximate surface area is 179 Å². The summed E-state index contributed by atoms with van der Waals surface area (Å²) in [6, 6.07) is 4.24. The Morgan fingerprint density at radius 2 is 1.80 bits per heavy atom. The number of aromatic nitrogens is 3. The van der Waals surface area contributed by atoms with Gasteiger partial charge in [-0.25, -0.2) is 9.97 Å². The van der Waals surface area contributed by atoms with Crippen molar-refractivity contribution in [3.63, 3.8) is 0 Å². The number of amides is 1. The lowest BCUT2D eigenvalue weighted by Gasteiger charge is -2.24. The number of carbonyl (C=O) groups is 1. The quantitative estimate of drug-likeness (QED) is 0.562. The Balaban J connectivity index is 1.69. The topological polar surface area (TPSA) is 62.5 Å². The van der Waals surface area contributed by atoms with E-state index in [0.717, 1.165) is 37.9 Å². The van der Waals surface area contributed by atoms with Crippen molar-refractivity contribution in [3.8, 4) is 0 Å². The Bertz CT molecular complexity index is 1070. The summed E-state index contributed by atoms with van der Waals surface area (Å²) in [6.07, 6.45) is 3.42. The maximum atomic E-state index is 13.3. The van der Waals surface area contributed by atoms with Crippen LogP contribution in [0, 0.1) is 0 Å². The number of hydrogen-bond acceptors (Lipinski definition) is 4. The van der Waals surface area contributed by atoms with E-state index in [4.69, 9.17) is 0 Å². The summed E-state index contributed by atoms with van der Waals surface area (Å²) in [4.78, 5) is 23.2. The lowest BCUT2D eigenvalue weighted by molar-refractivity contribution is -0.137. The third-order valence-electron chi connectivity index (χ3n) is 5.06. The van der Waals surface area contributed by atoms with Crippen molar-refractivity contribution in [3.05, 3.63) is 52.5 Å². The maximum absolute atomic E-state index is 13.3. The van der Waals surface area contributed by atoms with E-state index in [2.05, 4.69) is 31.2 Å². The average molecular weight is 482 g/mol. The fourth-order valence-corrected chi connectivity index (χ4v) is 3.92. The maximum Gasteiger partial charge on any atom is 0.417 e. The number of nitrogens with one attached hydrogen (secondary N) is 1. The molecule has 30 heavy (non-hydrogen) atoms. The van der Waals surface area contributed by atoms with Gasteiger partial charge in [0.25, 0.3) is 5.91 Å². The fraction of sp³-hybridized carbons (Fsp3) is 0.350. The number of carbonyl (C=O) groups excluding carboxylic acids is 1. The molecule has 0 unspecified atom stereocenters. The van der Waals surface area contributed by atoms with Crippen molar-refractivity contribution in [2.75, 3.05) is 23.3 Å². The molecule has 0 atom stereocenters. The van der Waals surface area contributed by atoms with Gasteiger partial charge in [-0.05, 0) is 47.0 Å². The first-order valence-corrected chi connectivity index (χ1v) is 10.4. The first-order chi connectivity index (χ1) is 14.3. The van der Waals surface area contributed by atoms with E-state index in [0.29, 0.717) is 29.0 Å². The third-order valence-corrected chi connectivity index (χ3v) is 5.65. The van der Waals surface area contributed by atoms with Crippen molar-refractivity contribution in [2.24, 2.45) is 0 Å². The van der Waals surface area contributed by atoms with Crippen molar-refractivity contribution >= 4 is 39.0 Å². The highest BCUT2D eigenvalue weighted by atomic mass is 79.9. The molecule has 1 fully saturated rings. The minimum atomic E-state index is -4.58. The number of pyridine rings is 2. The van der Waals surface area contributed by atoms with E-state index in [-0.39, 0.29) is 11.4 Å². The van der Waals surface area contributed by atoms with Gasteiger partial charge in [0, 0.05) is 25.5 Å². The van der Waals surface area contributed by atoms with Gasteiger partial charge in [-0.15, -0.1) is 0 Å². The van der Waals surface area contributed by atoms with Crippen LogP contribution in [-0.2, 0) is 6.18 Å². The van der Waals surface area contributed by atoms with Gasteiger partial charge in [0.15, 0.2) is 0 Å². The van der Waals surface area contributed by atoms with Gasteiger partial charge in [-0.3, -0.25) is 9.20 Å². The van der Waals surface area contributed by atoms with Crippen LogP contribution < -0.4 is 10.2 Å². The van der Waals surface area contributed by atoms with Crippen LogP contribution in [0.15, 0.2) is 41.4 Å². The number of anilines is 2. The Morgan fingerprint density at radius 3 is 2.50 bits per heavy atom.